The predicted molar refractivity (Wildman–Crippen MR) is 64.5 cm³/mol. The van der Waals surface area contributed by atoms with Crippen LogP contribution in [0, 0.1) is 0 Å². The molecule has 0 radical (unpaired) electrons. The summed E-state index contributed by atoms with van der Waals surface area (Å²) < 4.78 is 27.7. The van der Waals surface area contributed by atoms with Gasteiger partial charge in [0.2, 0.25) is 0 Å². The van der Waals surface area contributed by atoms with Crippen LogP contribution in [0.4, 0.5) is 0 Å². The van der Waals surface area contributed by atoms with Gasteiger partial charge in [0.1, 0.15) is 0 Å². The van der Waals surface area contributed by atoms with Crippen LogP contribution >= 0.6 is 54.1 Å². The van der Waals surface area contributed by atoms with Gasteiger partial charge in [-0.25, -0.2) is 0 Å². The monoisotopic (exact) mass is 331 g/mol. The predicted octanol–water partition coefficient (Wildman–Crippen LogP) is 5.25. The molecular weight excluding hydrogens is 325 g/mol. The first-order chi connectivity index (χ1) is 6.89. The third-order valence-corrected chi connectivity index (χ3v) is 12.4. The van der Waals surface area contributed by atoms with Gasteiger partial charge in [0.05, 0.1) is 13.2 Å². The first-order valence-electron chi connectivity index (χ1n) is 3.74. The standard InChI is InChI=1S/C3H7Cl3N3O3P3/c1-10-14(6)7-13(4,5)8-15(9-14)11-2-3-12-15/h2-3H2,1H3/t14-/m1/s1. The summed E-state index contributed by atoms with van der Waals surface area (Å²) in [6.45, 7) is -2.07. The molecule has 15 heavy (non-hydrogen) atoms. The van der Waals surface area contributed by atoms with Gasteiger partial charge >= 0.3 is 14.4 Å². The lowest BCUT2D eigenvalue weighted by Crippen LogP contribution is -1.82. The molecule has 0 N–H and O–H groups in total. The number of halogens is 3. The number of nitrogens with zero attached hydrogens (tertiary/aromatic N) is 3. The van der Waals surface area contributed by atoms with E-state index >= 15 is 0 Å². The van der Waals surface area contributed by atoms with Crippen LogP contribution in [0.25, 0.3) is 0 Å². The summed E-state index contributed by atoms with van der Waals surface area (Å²) >= 11 is 17.9. The SMILES string of the molecule is CO[P@@]1(Cl)=NP2(=NP(Cl)(Cl)=N1)OCCO2. The normalized spacial score (nSPS) is 36.8. The Bertz CT molecular complexity index is 434. The van der Waals surface area contributed by atoms with Crippen molar-refractivity contribution in [1.82, 2.24) is 0 Å². The van der Waals surface area contributed by atoms with E-state index in [4.69, 9.17) is 47.3 Å². The first-order valence-corrected chi connectivity index (χ1v) is 11.3. The molecule has 1 saturated heterocycles. The molecule has 1 atom stereocenters. The maximum atomic E-state index is 6.04. The highest BCUT2D eigenvalue weighted by Crippen LogP contribution is 2.84. The quantitative estimate of drug-likeness (QED) is 0.616. The second kappa shape index (κ2) is 4.28. The van der Waals surface area contributed by atoms with Gasteiger partial charge in [0.15, 0.2) is 0 Å². The lowest BCUT2D eigenvalue weighted by molar-refractivity contribution is 0.365. The van der Waals surface area contributed by atoms with Crippen molar-refractivity contribution in [3.05, 3.63) is 0 Å². The summed E-state index contributed by atoms with van der Waals surface area (Å²) in [7, 11) is -1.38. The van der Waals surface area contributed by atoms with Crippen LogP contribution < -0.4 is 0 Å². The van der Waals surface area contributed by atoms with Gasteiger partial charge in [-0.1, -0.05) is 0 Å². The van der Waals surface area contributed by atoms with Crippen LogP contribution in [-0.4, -0.2) is 20.3 Å². The molecule has 88 valence electrons. The summed E-state index contributed by atoms with van der Waals surface area (Å²) in [5, 5.41) is 0. The van der Waals surface area contributed by atoms with Crippen molar-refractivity contribution in [2.75, 3.05) is 20.3 Å². The summed E-state index contributed by atoms with van der Waals surface area (Å²) in [4.78, 5) is 0. The Balaban J connectivity index is 2.61. The maximum Gasteiger partial charge on any atom is 0.346 e. The van der Waals surface area contributed by atoms with Crippen LogP contribution in [0.15, 0.2) is 13.5 Å². The fourth-order valence-corrected chi connectivity index (χ4v) is 13.2. The van der Waals surface area contributed by atoms with Crippen LogP contribution in [0.3, 0.4) is 0 Å². The Morgan fingerprint density at radius 2 is 1.67 bits per heavy atom. The van der Waals surface area contributed by atoms with E-state index in [1.165, 1.54) is 7.11 Å². The van der Waals surface area contributed by atoms with Crippen LogP contribution in [0.5, 0.6) is 0 Å². The Morgan fingerprint density at radius 3 is 2.20 bits per heavy atom. The average molecular weight is 332 g/mol. The number of rotatable bonds is 1. The molecule has 0 aromatic carbocycles. The molecular formula is C3H7Cl3N3O3P3. The fourth-order valence-electron chi connectivity index (χ4n) is 0.988. The molecule has 2 rings (SSSR count). The number of hydrogen-bond donors (Lipinski definition) is 0. The van der Waals surface area contributed by atoms with Crippen molar-refractivity contribution in [2.45, 2.75) is 0 Å². The Labute approximate surface area is 101 Å². The van der Waals surface area contributed by atoms with Crippen LogP contribution in [-0.2, 0) is 13.6 Å². The molecule has 1 fully saturated rings. The Hall–Kier alpha value is 1.44. The van der Waals surface area contributed by atoms with E-state index in [9.17, 15) is 0 Å². The second-order valence-electron chi connectivity index (χ2n) is 2.54. The maximum absolute atomic E-state index is 6.04. The van der Waals surface area contributed by atoms with Crippen molar-refractivity contribution in [1.29, 1.82) is 0 Å². The lowest BCUT2D eigenvalue weighted by atomic mass is 10.8. The molecule has 0 amide bonds. The summed E-state index contributed by atoms with van der Waals surface area (Å²) in [6, 6.07) is 0. The molecule has 0 saturated carbocycles. The Kier molecular flexibility index (Phi) is 3.67. The van der Waals surface area contributed by atoms with E-state index in [-0.39, 0.29) is 0 Å². The van der Waals surface area contributed by atoms with Crippen molar-refractivity contribution in [3.63, 3.8) is 0 Å². The minimum atomic E-state index is -2.90. The van der Waals surface area contributed by atoms with Crippen molar-refractivity contribution >= 4 is 54.1 Å². The van der Waals surface area contributed by atoms with Gasteiger partial charge in [0.25, 0.3) is 5.91 Å². The molecule has 0 aromatic rings. The minimum absolute atomic E-state index is 0.398. The molecule has 6 nitrogen and oxygen atoms in total. The van der Waals surface area contributed by atoms with Crippen molar-refractivity contribution < 1.29 is 13.6 Å². The van der Waals surface area contributed by atoms with Crippen LogP contribution in [0.1, 0.15) is 0 Å². The minimum Gasteiger partial charge on any atom is -0.319 e. The van der Waals surface area contributed by atoms with Crippen LogP contribution in [0.2, 0.25) is 0 Å². The van der Waals surface area contributed by atoms with E-state index in [2.05, 4.69) is 13.5 Å². The highest BCUT2D eigenvalue weighted by molar-refractivity contribution is 8.14. The zero-order valence-corrected chi connectivity index (χ0v) is 12.4. The third kappa shape index (κ3) is 2.82. The number of hydrogen-bond acceptors (Lipinski definition) is 6. The molecule has 2 heterocycles. The van der Waals surface area contributed by atoms with Gasteiger partial charge in [-0.3, -0.25) is 0 Å². The van der Waals surface area contributed by atoms with E-state index in [0.717, 1.165) is 0 Å². The lowest BCUT2D eigenvalue weighted by Gasteiger charge is -2.22. The van der Waals surface area contributed by atoms with Crippen molar-refractivity contribution in [3.8, 4) is 0 Å². The first kappa shape index (κ1) is 12.9. The molecule has 0 unspecified atom stereocenters. The molecule has 1 spiro atoms. The molecule has 12 heteroatoms. The van der Waals surface area contributed by atoms with E-state index < -0.39 is 20.4 Å². The fraction of sp³-hybridized carbons (Fsp3) is 1.00. The summed E-state index contributed by atoms with van der Waals surface area (Å²) in [5.74, 6) is -2.90. The molecule has 0 bridgehead atoms. The molecule has 2 aliphatic rings. The van der Waals surface area contributed by atoms with Gasteiger partial charge in [0, 0.05) is 7.11 Å². The summed E-state index contributed by atoms with van der Waals surface area (Å²) in [5.41, 5.74) is 0. The average Bonchev–Trinajstić information content (AvgIpc) is 2.49. The topological polar surface area (TPSA) is 64.8 Å². The third-order valence-electron chi connectivity index (χ3n) is 1.50. The zero-order chi connectivity index (χ0) is 11.2. The van der Waals surface area contributed by atoms with Gasteiger partial charge in [-0.2, -0.15) is 13.5 Å². The van der Waals surface area contributed by atoms with E-state index in [1.54, 1.807) is 0 Å². The van der Waals surface area contributed by atoms with Gasteiger partial charge in [-0.05, 0) is 33.7 Å². The zero-order valence-electron chi connectivity index (χ0n) is 7.46. The smallest absolute Gasteiger partial charge is 0.319 e. The summed E-state index contributed by atoms with van der Waals surface area (Å²) in [6.07, 6.45) is 0. The second-order valence-corrected chi connectivity index (χ2v) is 13.1. The van der Waals surface area contributed by atoms with Crippen molar-refractivity contribution in [2.24, 2.45) is 13.5 Å². The molecule has 0 aromatic heterocycles. The Morgan fingerprint density at radius 1 is 1.07 bits per heavy atom. The van der Waals surface area contributed by atoms with E-state index in [1.807, 2.05) is 0 Å². The van der Waals surface area contributed by atoms with Gasteiger partial charge in [-0.15, -0.1) is 0 Å². The molecule has 2 aliphatic heterocycles. The highest BCUT2D eigenvalue weighted by Gasteiger charge is 2.39. The largest absolute Gasteiger partial charge is 0.346 e. The van der Waals surface area contributed by atoms with Gasteiger partial charge < -0.3 is 13.6 Å². The highest BCUT2D eigenvalue weighted by atomic mass is 35.9. The molecule has 0 aliphatic carbocycles. The van der Waals surface area contributed by atoms with E-state index in [0.29, 0.717) is 13.2 Å².